The molecule has 12 heteroatoms. The van der Waals surface area contributed by atoms with Crippen molar-refractivity contribution in [3.63, 3.8) is 0 Å². The van der Waals surface area contributed by atoms with Gasteiger partial charge in [0.1, 0.15) is 0 Å². The lowest BCUT2D eigenvalue weighted by atomic mass is 10.1. The van der Waals surface area contributed by atoms with Crippen molar-refractivity contribution in [1.82, 2.24) is 29.7 Å². The number of piperazine rings is 1. The largest absolute Gasteiger partial charge is 0.416 e. The van der Waals surface area contributed by atoms with Crippen molar-refractivity contribution in [2.24, 2.45) is 7.05 Å². The number of rotatable bonds is 6. The second-order valence-electron chi connectivity index (χ2n) is 8.74. The fourth-order valence-electron chi connectivity index (χ4n) is 4.16. The van der Waals surface area contributed by atoms with Gasteiger partial charge in [0.15, 0.2) is 0 Å². The highest BCUT2D eigenvalue weighted by Crippen LogP contribution is 2.32. The maximum atomic E-state index is 13.0. The van der Waals surface area contributed by atoms with Crippen molar-refractivity contribution >= 4 is 11.6 Å². The van der Waals surface area contributed by atoms with Gasteiger partial charge in [0, 0.05) is 38.8 Å². The Labute approximate surface area is 200 Å². The van der Waals surface area contributed by atoms with Crippen molar-refractivity contribution < 1.29 is 22.5 Å². The topological polar surface area (TPSA) is 92.3 Å². The average molecular weight is 492 g/mol. The van der Waals surface area contributed by atoms with Crippen molar-refractivity contribution in [2.45, 2.75) is 33.0 Å². The van der Waals surface area contributed by atoms with Crippen molar-refractivity contribution in [3.05, 3.63) is 47.1 Å². The first-order valence-electron chi connectivity index (χ1n) is 11.3. The zero-order valence-electron chi connectivity index (χ0n) is 20.1. The smallest absolute Gasteiger partial charge is 0.337 e. The minimum Gasteiger partial charge on any atom is -0.337 e. The maximum absolute atomic E-state index is 13.0. The van der Waals surface area contributed by atoms with Gasteiger partial charge in [-0.05, 0) is 32.9 Å². The number of halogens is 3. The van der Waals surface area contributed by atoms with Gasteiger partial charge in [0.25, 0.3) is 0 Å². The average Bonchev–Trinajstić information content (AvgIpc) is 3.40. The summed E-state index contributed by atoms with van der Waals surface area (Å²) in [6, 6.07) is 4.65. The standard InChI is InChI=1S/C23H28F3N7O2/c1-14-20(15(2)31(4)29-14)27-19(34)13-32-8-10-33(11-9-32)16(3)22-28-21(30-35-22)17-6-5-7-18(12-17)23(24,25)26/h5-7,12,16H,8-11,13H2,1-4H3,(H,27,34). The van der Waals surface area contributed by atoms with Crippen molar-refractivity contribution in [3.8, 4) is 11.4 Å². The number of aromatic nitrogens is 4. The van der Waals surface area contributed by atoms with Crippen LogP contribution in [-0.2, 0) is 18.0 Å². The third-order valence-corrected chi connectivity index (χ3v) is 6.34. The molecule has 1 amide bonds. The number of nitrogens with one attached hydrogen (secondary N) is 1. The lowest BCUT2D eigenvalue weighted by Crippen LogP contribution is -2.49. The predicted molar refractivity (Wildman–Crippen MR) is 122 cm³/mol. The number of carbonyl (C=O) groups is 1. The minimum atomic E-state index is -4.44. The first-order valence-corrected chi connectivity index (χ1v) is 11.3. The lowest BCUT2D eigenvalue weighted by molar-refractivity contribution is -0.137. The number of benzene rings is 1. The Morgan fingerprint density at radius 1 is 1.20 bits per heavy atom. The van der Waals surface area contributed by atoms with E-state index in [9.17, 15) is 18.0 Å². The van der Waals surface area contributed by atoms with Crippen LogP contribution in [0.5, 0.6) is 0 Å². The summed E-state index contributed by atoms with van der Waals surface area (Å²) in [7, 11) is 1.84. The number of aryl methyl sites for hydroxylation is 2. The molecule has 1 atom stereocenters. The highest BCUT2D eigenvalue weighted by Gasteiger charge is 2.31. The molecule has 35 heavy (non-hydrogen) atoms. The van der Waals surface area contributed by atoms with Crippen LogP contribution in [0, 0.1) is 13.8 Å². The quantitative estimate of drug-likeness (QED) is 0.565. The number of hydrogen-bond acceptors (Lipinski definition) is 7. The molecule has 2 aromatic heterocycles. The molecule has 9 nitrogen and oxygen atoms in total. The first-order chi connectivity index (χ1) is 16.5. The molecule has 0 bridgehead atoms. The fourth-order valence-corrected chi connectivity index (χ4v) is 4.16. The highest BCUT2D eigenvalue weighted by molar-refractivity contribution is 5.93. The van der Waals surface area contributed by atoms with E-state index in [4.69, 9.17) is 4.52 Å². The summed E-state index contributed by atoms with van der Waals surface area (Å²) in [6.45, 7) is 8.68. The number of carbonyl (C=O) groups excluding carboxylic acids is 1. The van der Waals surface area contributed by atoms with E-state index in [-0.39, 0.29) is 29.9 Å². The van der Waals surface area contributed by atoms with Crippen LogP contribution in [-0.4, -0.2) is 68.4 Å². The summed E-state index contributed by atoms with van der Waals surface area (Å²) < 4.78 is 46.1. The Hall–Kier alpha value is -3.25. The summed E-state index contributed by atoms with van der Waals surface area (Å²) in [5.74, 6) is 0.369. The highest BCUT2D eigenvalue weighted by atomic mass is 19.4. The molecule has 188 valence electrons. The fraction of sp³-hybridized carbons (Fsp3) is 0.478. The summed E-state index contributed by atoms with van der Waals surface area (Å²) in [4.78, 5) is 21.1. The van der Waals surface area contributed by atoms with E-state index in [1.165, 1.54) is 12.1 Å². The van der Waals surface area contributed by atoms with Crippen LogP contribution < -0.4 is 5.32 Å². The van der Waals surface area contributed by atoms with E-state index in [1.807, 2.05) is 27.8 Å². The molecule has 1 fully saturated rings. The molecule has 1 saturated heterocycles. The summed E-state index contributed by atoms with van der Waals surface area (Å²) in [5.41, 5.74) is 1.91. The minimum absolute atomic E-state index is 0.0895. The predicted octanol–water partition coefficient (Wildman–Crippen LogP) is 3.42. The number of anilines is 1. The van der Waals surface area contributed by atoms with E-state index >= 15 is 0 Å². The van der Waals surface area contributed by atoms with E-state index in [0.717, 1.165) is 29.2 Å². The van der Waals surface area contributed by atoms with Crippen LogP contribution in [0.4, 0.5) is 18.9 Å². The summed E-state index contributed by atoms with van der Waals surface area (Å²) >= 11 is 0. The van der Waals surface area contributed by atoms with Crippen LogP contribution in [0.15, 0.2) is 28.8 Å². The molecule has 0 radical (unpaired) electrons. The molecule has 0 aliphatic carbocycles. The first kappa shape index (κ1) is 24.9. The molecule has 3 heterocycles. The Kier molecular flexibility index (Phi) is 6.95. The van der Waals surface area contributed by atoms with E-state index in [1.54, 1.807) is 4.68 Å². The van der Waals surface area contributed by atoms with Crippen molar-refractivity contribution in [2.75, 3.05) is 38.0 Å². The molecule has 1 unspecified atom stereocenters. The maximum Gasteiger partial charge on any atom is 0.416 e. The number of hydrogen-bond donors (Lipinski definition) is 1. The molecule has 4 rings (SSSR count). The lowest BCUT2D eigenvalue weighted by Gasteiger charge is -2.36. The second-order valence-corrected chi connectivity index (χ2v) is 8.74. The Morgan fingerprint density at radius 3 is 2.54 bits per heavy atom. The SMILES string of the molecule is Cc1nn(C)c(C)c1NC(=O)CN1CCN(C(C)c2nc(-c3cccc(C(F)(F)F)c3)no2)CC1. The number of amides is 1. The zero-order valence-corrected chi connectivity index (χ0v) is 20.1. The van der Waals surface area contributed by atoms with Crippen molar-refractivity contribution in [1.29, 1.82) is 0 Å². The third-order valence-electron chi connectivity index (χ3n) is 6.34. The van der Waals surface area contributed by atoms with E-state index in [2.05, 4.69) is 30.4 Å². The molecular weight excluding hydrogens is 463 g/mol. The Morgan fingerprint density at radius 2 is 1.91 bits per heavy atom. The normalized spacial score (nSPS) is 16.4. The molecule has 1 aliphatic rings. The Balaban J connectivity index is 1.32. The second kappa shape index (κ2) is 9.78. The molecule has 1 N–H and O–H groups in total. The summed E-state index contributed by atoms with van der Waals surface area (Å²) in [5, 5.41) is 11.2. The van der Waals surface area contributed by atoms with Gasteiger partial charge in [-0.25, -0.2) is 0 Å². The molecule has 1 aromatic carbocycles. The van der Waals surface area contributed by atoms with Crippen LogP contribution in [0.3, 0.4) is 0 Å². The molecule has 0 saturated carbocycles. The van der Waals surface area contributed by atoms with E-state index in [0.29, 0.717) is 32.1 Å². The van der Waals surface area contributed by atoms with Crippen LogP contribution in [0.1, 0.15) is 35.8 Å². The Bertz CT molecular complexity index is 1200. The van der Waals surface area contributed by atoms with Gasteiger partial charge in [-0.15, -0.1) is 0 Å². The molecule has 1 aliphatic heterocycles. The number of nitrogens with zero attached hydrogens (tertiary/aromatic N) is 6. The van der Waals surface area contributed by atoms with Crippen LogP contribution in [0.25, 0.3) is 11.4 Å². The van der Waals surface area contributed by atoms with Gasteiger partial charge in [0.05, 0.1) is 35.2 Å². The molecule has 3 aromatic rings. The monoisotopic (exact) mass is 491 g/mol. The van der Waals surface area contributed by atoms with Crippen LogP contribution >= 0.6 is 0 Å². The van der Waals surface area contributed by atoms with Gasteiger partial charge in [-0.2, -0.15) is 23.3 Å². The van der Waals surface area contributed by atoms with Gasteiger partial charge >= 0.3 is 6.18 Å². The van der Waals surface area contributed by atoms with Crippen LogP contribution in [0.2, 0.25) is 0 Å². The van der Waals surface area contributed by atoms with Gasteiger partial charge in [0.2, 0.25) is 17.6 Å². The zero-order chi connectivity index (χ0) is 25.3. The molecule has 0 spiro atoms. The molecular formula is C23H28F3N7O2. The summed E-state index contributed by atoms with van der Waals surface area (Å²) in [6.07, 6.45) is -4.44. The third kappa shape index (κ3) is 5.54. The van der Waals surface area contributed by atoms with Gasteiger partial charge < -0.3 is 9.84 Å². The number of alkyl halides is 3. The van der Waals surface area contributed by atoms with E-state index < -0.39 is 11.7 Å². The van der Waals surface area contributed by atoms with Gasteiger partial charge in [-0.3, -0.25) is 19.3 Å². The van der Waals surface area contributed by atoms with Gasteiger partial charge in [-0.1, -0.05) is 17.3 Å².